The SMILES string of the molecule is O=C(NC(C(=O)C(Br)C(=O)O)C1CCC(F)(F)CC1)OCc1ccccc1. The van der Waals surface area contributed by atoms with Crippen LogP contribution in [0, 0.1) is 5.92 Å². The van der Waals surface area contributed by atoms with Gasteiger partial charge in [-0.25, -0.2) is 13.6 Å². The molecule has 0 aromatic heterocycles. The van der Waals surface area contributed by atoms with Crippen LogP contribution in [0.15, 0.2) is 30.3 Å². The quantitative estimate of drug-likeness (QED) is 0.492. The summed E-state index contributed by atoms with van der Waals surface area (Å²) in [7, 11) is 0. The molecule has 2 N–H and O–H groups in total. The summed E-state index contributed by atoms with van der Waals surface area (Å²) in [5, 5.41) is 11.4. The van der Waals surface area contributed by atoms with Crippen LogP contribution >= 0.6 is 15.9 Å². The third-order valence-electron chi connectivity index (χ3n) is 4.49. The Morgan fingerprint density at radius 3 is 2.37 bits per heavy atom. The standard InChI is InChI=1S/C18H20BrF2NO5/c19-13(16(24)25)15(23)14(12-6-8-18(20,21)9-7-12)22-17(26)27-10-11-4-2-1-3-5-11/h1-5,12-14H,6-10H2,(H,22,26)(H,24,25). The lowest BCUT2D eigenvalue weighted by molar-refractivity contribution is -0.140. The molecule has 1 saturated carbocycles. The van der Waals surface area contributed by atoms with Crippen molar-refractivity contribution in [2.24, 2.45) is 5.92 Å². The minimum absolute atomic E-state index is 0.00170. The van der Waals surface area contributed by atoms with Gasteiger partial charge in [0.2, 0.25) is 5.92 Å². The molecule has 6 nitrogen and oxygen atoms in total. The Labute approximate surface area is 163 Å². The number of ether oxygens (including phenoxy) is 1. The van der Waals surface area contributed by atoms with E-state index in [0.29, 0.717) is 0 Å². The number of carbonyl (C=O) groups is 3. The molecule has 2 unspecified atom stereocenters. The number of benzene rings is 1. The molecule has 0 saturated heterocycles. The van der Waals surface area contributed by atoms with Crippen molar-refractivity contribution in [3.8, 4) is 0 Å². The highest BCUT2D eigenvalue weighted by molar-refractivity contribution is 9.10. The Morgan fingerprint density at radius 1 is 1.22 bits per heavy atom. The summed E-state index contributed by atoms with van der Waals surface area (Å²) in [6, 6.07) is 7.63. The lowest BCUT2D eigenvalue weighted by atomic mass is 9.80. The van der Waals surface area contributed by atoms with Gasteiger partial charge in [-0.1, -0.05) is 46.3 Å². The van der Waals surface area contributed by atoms with Gasteiger partial charge in [0.05, 0.1) is 6.04 Å². The lowest BCUT2D eigenvalue weighted by Gasteiger charge is -2.33. The van der Waals surface area contributed by atoms with Crippen LogP contribution in [-0.4, -0.2) is 39.7 Å². The molecule has 1 fully saturated rings. The van der Waals surface area contributed by atoms with E-state index in [0.717, 1.165) is 5.56 Å². The second-order valence-electron chi connectivity index (χ2n) is 6.48. The van der Waals surface area contributed by atoms with Crippen molar-refractivity contribution in [2.75, 3.05) is 0 Å². The number of hydrogen-bond donors (Lipinski definition) is 2. The molecule has 0 heterocycles. The van der Waals surface area contributed by atoms with Crippen molar-refractivity contribution >= 4 is 33.8 Å². The van der Waals surface area contributed by atoms with Gasteiger partial charge < -0.3 is 15.2 Å². The number of carboxylic acid groups (broad SMARTS) is 1. The van der Waals surface area contributed by atoms with Gasteiger partial charge in [0.1, 0.15) is 6.61 Å². The molecule has 2 rings (SSSR count). The van der Waals surface area contributed by atoms with Crippen molar-refractivity contribution in [1.29, 1.82) is 0 Å². The zero-order chi connectivity index (χ0) is 20.0. The van der Waals surface area contributed by atoms with Gasteiger partial charge in [0.25, 0.3) is 0 Å². The predicted molar refractivity (Wildman–Crippen MR) is 95.8 cm³/mol. The van der Waals surface area contributed by atoms with Gasteiger partial charge in [-0.2, -0.15) is 0 Å². The van der Waals surface area contributed by atoms with E-state index in [2.05, 4.69) is 21.2 Å². The summed E-state index contributed by atoms with van der Waals surface area (Å²) >= 11 is 2.77. The molecule has 148 valence electrons. The molecule has 0 aliphatic heterocycles. The number of alkyl halides is 3. The minimum atomic E-state index is -2.81. The Balaban J connectivity index is 2.03. The molecular formula is C18H20BrF2NO5. The summed E-state index contributed by atoms with van der Waals surface area (Å²) in [4.78, 5) is 34.1. The number of carbonyl (C=O) groups excluding carboxylic acids is 2. The van der Waals surface area contributed by atoms with E-state index in [9.17, 15) is 23.2 Å². The Kier molecular flexibility index (Phi) is 7.29. The summed E-state index contributed by atoms with van der Waals surface area (Å²) in [6.45, 7) is -0.0347. The molecule has 1 aromatic carbocycles. The van der Waals surface area contributed by atoms with Crippen molar-refractivity contribution < 1.29 is 33.0 Å². The van der Waals surface area contributed by atoms with Crippen molar-refractivity contribution in [3.63, 3.8) is 0 Å². The number of Topliss-reactive ketones (excluding diaryl/α,β-unsaturated/α-hetero) is 1. The molecule has 2 atom stereocenters. The molecule has 9 heteroatoms. The van der Waals surface area contributed by atoms with Crippen LogP contribution in [0.2, 0.25) is 0 Å². The van der Waals surface area contributed by atoms with Crippen LogP contribution in [-0.2, 0) is 20.9 Å². The van der Waals surface area contributed by atoms with Gasteiger partial charge in [0.15, 0.2) is 10.6 Å². The maximum Gasteiger partial charge on any atom is 0.408 e. The first-order valence-electron chi connectivity index (χ1n) is 8.45. The summed E-state index contributed by atoms with van der Waals surface area (Å²) < 4.78 is 31.9. The maximum absolute atomic E-state index is 13.4. The zero-order valence-electron chi connectivity index (χ0n) is 14.4. The first kappa shape index (κ1) is 21.3. The number of halogens is 3. The van der Waals surface area contributed by atoms with Gasteiger partial charge in [0, 0.05) is 12.8 Å². The van der Waals surface area contributed by atoms with E-state index >= 15 is 0 Å². The number of carboxylic acids is 1. The maximum atomic E-state index is 13.4. The number of amides is 1. The van der Waals surface area contributed by atoms with E-state index in [1.54, 1.807) is 30.3 Å². The molecule has 1 aromatic rings. The average molecular weight is 448 g/mol. The normalized spacial score (nSPS) is 18.9. The highest BCUT2D eigenvalue weighted by Crippen LogP contribution is 2.38. The fourth-order valence-electron chi connectivity index (χ4n) is 2.99. The summed E-state index contributed by atoms with van der Waals surface area (Å²) in [5.74, 6) is -5.60. The van der Waals surface area contributed by atoms with Gasteiger partial charge in [-0.3, -0.25) is 9.59 Å². The summed E-state index contributed by atoms with van der Waals surface area (Å²) in [6.07, 6.45) is -1.73. The van der Waals surface area contributed by atoms with Gasteiger partial charge >= 0.3 is 12.1 Å². The summed E-state index contributed by atoms with van der Waals surface area (Å²) in [5.41, 5.74) is 0.733. The number of rotatable bonds is 7. The second kappa shape index (κ2) is 9.25. The van der Waals surface area contributed by atoms with E-state index < -0.39 is 53.4 Å². The third-order valence-corrected chi connectivity index (χ3v) is 5.34. The van der Waals surface area contributed by atoms with Crippen LogP contribution in [0.4, 0.5) is 13.6 Å². The van der Waals surface area contributed by atoms with E-state index in [4.69, 9.17) is 9.84 Å². The average Bonchev–Trinajstić information content (AvgIpc) is 2.64. The number of ketones is 1. The first-order chi connectivity index (χ1) is 12.7. The largest absolute Gasteiger partial charge is 0.480 e. The van der Waals surface area contributed by atoms with Crippen LogP contribution in [0.25, 0.3) is 0 Å². The Hall–Kier alpha value is -2.03. The molecule has 27 heavy (non-hydrogen) atoms. The zero-order valence-corrected chi connectivity index (χ0v) is 16.0. The smallest absolute Gasteiger partial charge is 0.408 e. The monoisotopic (exact) mass is 447 g/mol. The lowest BCUT2D eigenvalue weighted by Crippen LogP contribution is -2.51. The van der Waals surface area contributed by atoms with Gasteiger partial charge in [-0.15, -0.1) is 0 Å². The van der Waals surface area contributed by atoms with Crippen molar-refractivity contribution in [3.05, 3.63) is 35.9 Å². The molecular weight excluding hydrogens is 428 g/mol. The number of hydrogen-bond acceptors (Lipinski definition) is 4. The van der Waals surface area contributed by atoms with Crippen molar-refractivity contribution in [1.82, 2.24) is 5.32 Å². The van der Waals surface area contributed by atoms with Gasteiger partial charge in [-0.05, 0) is 24.3 Å². The fraction of sp³-hybridized carbons (Fsp3) is 0.500. The van der Waals surface area contributed by atoms with Crippen molar-refractivity contribution in [2.45, 2.75) is 49.1 Å². The predicted octanol–water partition coefficient (Wildman–Crippen LogP) is 3.52. The minimum Gasteiger partial charge on any atom is -0.480 e. The number of alkyl carbamates (subject to hydrolysis) is 1. The topological polar surface area (TPSA) is 92.7 Å². The molecule has 1 amide bonds. The first-order valence-corrected chi connectivity index (χ1v) is 9.37. The second-order valence-corrected chi connectivity index (χ2v) is 7.40. The molecule has 0 bridgehead atoms. The molecule has 0 spiro atoms. The molecule has 1 aliphatic carbocycles. The van der Waals surface area contributed by atoms with Crippen LogP contribution in [0.5, 0.6) is 0 Å². The van der Waals surface area contributed by atoms with E-state index in [1.807, 2.05) is 0 Å². The van der Waals surface area contributed by atoms with Crippen LogP contribution in [0.1, 0.15) is 31.2 Å². The highest BCUT2D eigenvalue weighted by atomic mass is 79.9. The van der Waals surface area contributed by atoms with Crippen LogP contribution < -0.4 is 5.32 Å². The number of nitrogens with one attached hydrogen (secondary N) is 1. The highest BCUT2D eigenvalue weighted by Gasteiger charge is 2.42. The third kappa shape index (κ3) is 6.27. The van der Waals surface area contributed by atoms with E-state index in [1.165, 1.54) is 0 Å². The molecule has 1 aliphatic rings. The number of aliphatic carboxylic acids is 1. The van der Waals surface area contributed by atoms with Crippen LogP contribution in [0.3, 0.4) is 0 Å². The fourth-order valence-corrected chi connectivity index (χ4v) is 3.27. The van der Waals surface area contributed by atoms with E-state index in [-0.39, 0.29) is 19.4 Å². The molecule has 0 radical (unpaired) electrons. The Bertz CT molecular complexity index is 676. The Morgan fingerprint density at radius 2 is 1.81 bits per heavy atom.